The summed E-state index contributed by atoms with van der Waals surface area (Å²) in [5.74, 6) is 0.810. The van der Waals surface area contributed by atoms with Crippen LogP contribution < -0.4 is 15.9 Å². The number of hydrogen-bond donors (Lipinski definition) is 2. The van der Waals surface area contributed by atoms with E-state index in [9.17, 15) is 0 Å². The number of hydrogen-bond acceptors (Lipinski definition) is 3. The molecule has 2 rings (SSSR count). The number of nitrogens with one attached hydrogen (secondary N) is 1. The number of thiocarbonyl (C=S) groups is 1. The maximum Gasteiger partial charge on any atom is 0.184 e. The van der Waals surface area contributed by atoms with Crippen molar-refractivity contribution in [2.45, 2.75) is 6.42 Å². The molecular formula is C16H17N3OS. The van der Waals surface area contributed by atoms with Crippen molar-refractivity contribution in [3.8, 4) is 5.75 Å². The van der Waals surface area contributed by atoms with Gasteiger partial charge in [-0.3, -0.25) is 5.43 Å². The van der Waals surface area contributed by atoms with Crippen LogP contribution in [0.4, 0.5) is 0 Å². The molecule has 2 aromatic rings. The first-order chi connectivity index (χ1) is 10.2. The van der Waals surface area contributed by atoms with Gasteiger partial charge < -0.3 is 10.5 Å². The van der Waals surface area contributed by atoms with Gasteiger partial charge in [-0.2, -0.15) is 5.10 Å². The van der Waals surface area contributed by atoms with Crippen molar-refractivity contribution >= 4 is 23.5 Å². The Morgan fingerprint density at radius 2 is 2.00 bits per heavy atom. The van der Waals surface area contributed by atoms with Crippen LogP contribution >= 0.6 is 12.2 Å². The number of ether oxygens (including phenoxy) is 1. The van der Waals surface area contributed by atoms with E-state index in [1.54, 1.807) is 6.21 Å². The van der Waals surface area contributed by atoms with E-state index in [-0.39, 0.29) is 5.11 Å². The molecule has 0 fully saturated rings. The van der Waals surface area contributed by atoms with Gasteiger partial charge in [0.1, 0.15) is 5.75 Å². The largest absolute Gasteiger partial charge is 0.493 e. The Morgan fingerprint density at radius 1 is 1.19 bits per heavy atom. The molecule has 0 bridgehead atoms. The number of hydrazone groups is 1. The van der Waals surface area contributed by atoms with Gasteiger partial charge >= 0.3 is 0 Å². The third-order valence-electron chi connectivity index (χ3n) is 2.75. The van der Waals surface area contributed by atoms with Crippen LogP contribution in [0.2, 0.25) is 0 Å². The smallest absolute Gasteiger partial charge is 0.184 e. The Morgan fingerprint density at radius 3 is 2.76 bits per heavy atom. The maximum atomic E-state index is 5.75. The monoisotopic (exact) mass is 299 g/mol. The van der Waals surface area contributed by atoms with Crippen molar-refractivity contribution in [3.63, 3.8) is 0 Å². The topological polar surface area (TPSA) is 59.6 Å². The van der Waals surface area contributed by atoms with Gasteiger partial charge in [0.25, 0.3) is 0 Å². The molecule has 3 N–H and O–H groups in total. The molecule has 0 amide bonds. The highest BCUT2D eigenvalue weighted by Crippen LogP contribution is 2.12. The van der Waals surface area contributed by atoms with Crippen LogP contribution in [-0.4, -0.2) is 17.9 Å². The van der Waals surface area contributed by atoms with Crippen LogP contribution in [0, 0.1) is 0 Å². The Hall–Kier alpha value is -2.40. The number of rotatable bonds is 6. The molecule has 0 aliphatic heterocycles. The molecule has 0 aromatic heterocycles. The fraction of sp³-hybridized carbons (Fsp3) is 0.125. The summed E-state index contributed by atoms with van der Waals surface area (Å²) in [6.45, 7) is 0.635. The fourth-order valence-electron chi connectivity index (χ4n) is 1.79. The average Bonchev–Trinajstić information content (AvgIpc) is 2.48. The molecule has 0 radical (unpaired) electrons. The lowest BCUT2D eigenvalue weighted by Gasteiger charge is -2.06. The lowest BCUT2D eigenvalue weighted by atomic mass is 10.2. The van der Waals surface area contributed by atoms with Gasteiger partial charge in [0, 0.05) is 6.42 Å². The van der Waals surface area contributed by atoms with Crippen LogP contribution in [0.25, 0.3) is 0 Å². The molecule has 0 atom stereocenters. The minimum absolute atomic E-state index is 0.140. The van der Waals surface area contributed by atoms with E-state index in [2.05, 4.69) is 34.9 Å². The minimum Gasteiger partial charge on any atom is -0.493 e. The Balaban J connectivity index is 1.86. The SMILES string of the molecule is NC(=S)NN=Cc1cccc(OCCc2ccccc2)c1. The summed E-state index contributed by atoms with van der Waals surface area (Å²) < 4.78 is 5.75. The third kappa shape index (κ3) is 5.62. The highest BCUT2D eigenvalue weighted by Gasteiger charge is 1.97. The first kappa shape index (κ1) is 15.0. The summed E-state index contributed by atoms with van der Waals surface area (Å²) in [6, 6.07) is 17.9. The normalized spacial score (nSPS) is 10.5. The molecule has 0 spiro atoms. The summed E-state index contributed by atoms with van der Waals surface area (Å²) in [5.41, 5.74) is 9.98. The lowest BCUT2D eigenvalue weighted by Crippen LogP contribution is -2.23. The molecule has 0 aliphatic carbocycles. The zero-order chi connectivity index (χ0) is 14.9. The van der Waals surface area contributed by atoms with Crippen molar-refractivity contribution in [2.75, 3.05) is 6.61 Å². The van der Waals surface area contributed by atoms with Crippen molar-refractivity contribution < 1.29 is 4.74 Å². The van der Waals surface area contributed by atoms with E-state index in [4.69, 9.17) is 10.5 Å². The first-order valence-corrected chi connectivity index (χ1v) is 7.00. The van der Waals surface area contributed by atoms with E-state index in [1.807, 2.05) is 42.5 Å². The Labute approximate surface area is 129 Å². The second-order valence-electron chi connectivity index (χ2n) is 4.39. The zero-order valence-corrected chi connectivity index (χ0v) is 12.3. The highest BCUT2D eigenvalue weighted by molar-refractivity contribution is 7.80. The fourth-order valence-corrected chi connectivity index (χ4v) is 1.84. The molecule has 0 saturated carbocycles. The molecule has 5 heteroatoms. The molecular weight excluding hydrogens is 282 g/mol. The zero-order valence-electron chi connectivity index (χ0n) is 11.5. The summed E-state index contributed by atoms with van der Waals surface area (Å²) in [7, 11) is 0. The molecule has 0 unspecified atom stereocenters. The van der Waals surface area contributed by atoms with Crippen LogP contribution in [0.1, 0.15) is 11.1 Å². The molecule has 108 valence electrons. The van der Waals surface area contributed by atoms with Crippen LogP contribution in [-0.2, 0) is 6.42 Å². The third-order valence-corrected chi connectivity index (χ3v) is 2.84. The van der Waals surface area contributed by atoms with E-state index in [0.717, 1.165) is 17.7 Å². The predicted molar refractivity (Wildman–Crippen MR) is 89.6 cm³/mol. The molecule has 2 aromatic carbocycles. The van der Waals surface area contributed by atoms with Crippen molar-refractivity contribution in [1.82, 2.24) is 5.43 Å². The van der Waals surface area contributed by atoms with E-state index in [1.165, 1.54) is 5.56 Å². The van der Waals surface area contributed by atoms with Gasteiger partial charge in [-0.15, -0.1) is 0 Å². The second kappa shape index (κ2) is 8.01. The summed E-state index contributed by atoms with van der Waals surface area (Å²) in [6.07, 6.45) is 2.52. The van der Waals surface area contributed by atoms with Crippen molar-refractivity contribution in [3.05, 3.63) is 65.7 Å². The molecule has 0 aliphatic rings. The Kier molecular flexibility index (Phi) is 5.72. The van der Waals surface area contributed by atoms with Crippen LogP contribution in [0.3, 0.4) is 0 Å². The van der Waals surface area contributed by atoms with Gasteiger partial charge in [0.15, 0.2) is 5.11 Å². The minimum atomic E-state index is 0.140. The highest BCUT2D eigenvalue weighted by atomic mass is 32.1. The van der Waals surface area contributed by atoms with Gasteiger partial charge in [0.2, 0.25) is 0 Å². The van der Waals surface area contributed by atoms with Gasteiger partial charge in [-0.25, -0.2) is 0 Å². The van der Waals surface area contributed by atoms with Gasteiger partial charge in [-0.05, 0) is 35.5 Å². The predicted octanol–water partition coefficient (Wildman–Crippen LogP) is 2.48. The number of nitrogens with zero attached hydrogens (tertiary/aromatic N) is 1. The van der Waals surface area contributed by atoms with Crippen LogP contribution in [0.5, 0.6) is 5.75 Å². The van der Waals surface area contributed by atoms with E-state index < -0.39 is 0 Å². The van der Waals surface area contributed by atoms with E-state index >= 15 is 0 Å². The average molecular weight is 299 g/mol. The van der Waals surface area contributed by atoms with Crippen LogP contribution in [0.15, 0.2) is 59.7 Å². The van der Waals surface area contributed by atoms with Gasteiger partial charge in [0.05, 0.1) is 12.8 Å². The molecule has 4 nitrogen and oxygen atoms in total. The van der Waals surface area contributed by atoms with Gasteiger partial charge in [-0.1, -0.05) is 42.5 Å². The summed E-state index contributed by atoms with van der Waals surface area (Å²) >= 11 is 4.67. The first-order valence-electron chi connectivity index (χ1n) is 6.59. The molecule has 0 saturated heterocycles. The quantitative estimate of drug-likeness (QED) is 0.489. The lowest BCUT2D eigenvalue weighted by molar-refractivity contribution is 0.322. The standard InChI is InChI=1S/C16H17N3OS/c17-16(21)19-18-12-14-7-4-8-15(11-14)20-10-9-13-5-2-1-3-6-13/h1-8,11-12H,9-10H2,(H3,17,19,21). The van der Waals surface area contributed by atoms with Crippen molar-refractivity contribution in [2.24, 2.45) is 10.8 Å². The molecule has 21 heavy (non-hydrogen) atoms. The Bertz CT molecular complexity index is 614. The number of benzene rings is 2. The molecule has 0 heterocycles. The van der Waals surface area contributed by atoms with E-state index in [0.29, 0.717) is 6.61 Å². The second-order valence-corrected chi connectivity index (χ2v) is 4.83. The summed E-state index contributed by atoms with van der Waals surface area (Å²) in [4.78, 5) is 0. The number of nitrogens with two attached hydrogens (primary N) is 1. The summed E-state index contributed by atoms with van der Waals surface area (Å²) in [5, 5.41) is 4.05. The maximum absolute atomic E-state index is 5.75. The van der Waals surface area contributed by atoms with Crippen molar-refractivity contribution in [1.29, 1.82) is 0 Å².